The topological polar surface area (TPSA) is 51.2 Å². The normalized spacial score (nSPS) is 10.5. The molecular weight excluding hydrogens is 344 g/mol. The highest BCUT2D eigenvalue weighted by molar-refractivity contribution is 9.10. The van der Waals surface area contributed by atoms with Crippen molar-refractivity contribution < 1.29 is 9.53 Å². The third kappa shape index (κ3) is 2.94. The van der Waals surface area contributed by atoms with Crippen LogP contribution in [0.2, 0.25) is 0 Å². The standard InChI is InChI=1S/C17H13BrN2O2/c1-22-14-9-12-3-2-8-19-16(12)15(10-14)20-17(21)11-4-6-13(18)7-5-11/h2-10H,1H3,(H,20,21). The lowest BCUT2D eigenvalue weighted by molar-refractivity contribution is 0.102. The molecule has 0 unspecified atom stereocenters. The number of anilines is 1. The third-order valence-electron chi connectivity index (χ3n) is 3.27. The maximum atomic E-state index is 12.4. The number of ether oxygens (including phenoxy) is 1. The molecule has 0 bridgehead atoms. The van der Waals surface area contributed by atoms with Crippen LogP contribution >= 0.6 is 15.9 Å². The van der Waals surface area contributed by atoms with Gasteiger partial charge in [-0.3, -0.25) is 9.78 Å². The number of fused-ring (bicyclic) bond motifs is 1. The molecule has 0 aliphatic heterocycles. The van der Waals surface area contributed by atoms with Gasteiger partial charge in [0.1, 0.15) is 5.75 Å². The predicted molar refractivity (Wildman–Crippen MR) is 90.4 cm³/mol. The molecule has 1 amide bonds. The molecule has 0 atom stereocenters. The van der Waals surface area contributed by atoms with E-state index in [1.54, 1.807) is 31.5 Å². The Bertz CT molecular complexity index is 832. The molecule has 0 radical (unpaired) electrons. The summed E-state index contributed by atoms with van der Waals surface area (Å²) in [6.45, 7) is 0. The van der Waals surface area contributed by atoms with E-state index in [2.05, 4.69) is 26.2 Å². The molecule has 1 heterocycles. The molecule has 0 spiro atoms. The maximum absolute atomic E-state index is 12.4. The molecule has 0 aliphatic rings. The van der Waals surface area contributed by atoms with Crippen LogP contribution in [0.15, 0.2) is 59.2 Å². The summed E-state index contributed by atoms with van der Waals surface area (Å²) in [6.07, 6.45) is 1.70. The fraction of sp³-hybridized carbons (Fsp3) is 0.0588. The first-order valence-corrected chi connectivity index (χ1v) is 7.46. The number of nitrogens with zero attached hydrogens (tertiary/aromatic N) is 1. The van der Waals surface area contributed by atoms with Gasteiger partial charge in [-0.05, 0) is 36.4 Å². The lowest BCUT2D eigenvalue weighted by Gasteiger charge is -2.10. The smallest absolute Gasteiger partial charge is 0.255 e. The fourth-order valence-corrected chi connectivity index (χ4v) is 2.44. The highest BCUT2D eigenvalue weighted by atomic mass is 79.9. The minimum Gasteiger partial charge on any atom is -0.497 e. The first-order chi connectivity index (χ1) is 10.7. The summed E-state index contributed by atoms with van der Waals surface area (Å²) in [6, 6.07) is 14.6. The van der Waals surface area contributed by atoms with E-state index in [0.29, 0.717) is 17.0 Å². The minimum absolute atomic E-state index is 0.187. The molecule has 3 aromatic rings. The molecule has 0 fully saturated rings. The van der Waals surface area contributed by atoms with Crippen LogP contribution in [0, 0.1) is 0 Å². The lowest BCUT2D eigenvalue weighted by Crippen LogP contribution is -2.12. The third-order valence-corrected chi connectivity index (χ3v) is 3.80. The fourth-order valence-electron chi connectivity index (χ4n) is 2.17. The Morgan fingerprint density at radius 2 is 1.95 bits per heavy atom. The van der Waals surface area contributed by atoms with Gasteiger partial charge in [0.25, 0.3) is 5.91 Å². The molecule has 3 rings (SSSR count). The van der Waals surface area contributed by atoms with E-state index < -0.39 is 0 Å². The van der Waals surface area contributed by atoms with Gasteiger partial charge in [-0.25, -0.2) is 0 Å². The molecule has 1 N–H and O–H groups in total. The van der Waals surface area contributed by atoms with Crippen LogP contribution in [0.4, 0.5) is 5.69 Å². The molecule has 1 aromatic heterocycles. The number of methoxy groups -OCH3 is 1. The van der Waals surface area contributed by atoms with Crippen molar-refractivity contribution in [3.05, 3.63) is 64.8 Å². The van der Waals surface area contributed by atoms with Crippen molar-refractivity contribution in [1.82, 2.24) is 4.98 Å². The van der Waals surface area contributed by atoms with Crippen LogP contribution in [0.1, 0.15) is 10.4 Å². The number of carbonyl (C=O) groups is 1. The summed E-state index contributed by atoms with van der Waals surface area (Å²) < 4.78 is 6.21. The number of hydrogen-bond acceptors (Lipinski definition) is 3. The highest BCUT2D eigenvalue weighted by Gasteiger charge is 2.11. The van der Waals surface area contributed by atoms with Gasteiger partial charge in [0, 0.05) is 27.7 Å². The number of nitrogens with one attached hydrogen (secondary N) is 1. The predicted octanol–water partition coefficient (Wildman–Crippen LogP) is 4.26. The van der Waals surface area contributed by atoms with E-state index in [4.69, 9.17) is 4.74 Å². The zero-order valence-corrected chi connectivity index (χ0v) is 13.4. The van der Waals surface area contributed by atoms with Crippen LogP contribution < -0.4 is 10.1 Å². The van der Waals surface area contributed by atoms with Gasteiger partial charge >= 0.3 is 0 Å². The highest BCUT2D eigenvalue weighted by Crippen LogP contribution is 2.28. The van der Waals surface area contributed by atoms with Crippen LogP contribution in [-0.2, 0) is 0 Å². The van der Waals surface area contributed by atoms with Crippen molar-refractivity contribution >= 4 is 38.4 Å². The molecule has 0 saturated heterocycles. The summed E-state index contributed by atoms with van der Waals surface area (Å²) in [5, 5.41) is 3.81. The largest absolute Gasteiger partial charge is 0.497 e. The van der Waals surface area contributed by atoms with Crippen molar-refractivity contribution in [2.24, 2.45) is 0 Å². The SMILES string of the molecule is COc1cc(NC(=O)c2ccc(Br)cc2)c2ncccc2c1. The number of aromatic nitrogens is 1. The second-order valence-corrected chi connectivity index (χ2v) is 5.63. The van der Waals surface area contributed by atoms with Crippen LogP contribution in [-0.4, -0.2) is 18.0 Å². The lowest BCUT2D eigenvalue weighted by atomic mass is 10.1. The molecule has 5 heteroatoms. The Hall–Kier alpha value is -2.40. The average Bonchev–Trinajstić information content (AvgIpc) is 2.55. The van der Waals surface area contributed by atoms with Crippen molar-refractivity contribution in [1.29, 1.82) is 0 Å². The maximum Gasteiger partial charge on any atom is 0.255 e. The van der Waals surface area contributed by atoms with Crippen molar-refractivity contribution in [2.75, 3.05) is 12.4 Å². The Balaban J connectivity index is 1.99. The van der Waals surface area contributed by atoms with Gasteiger partial charge in [0.2, 0.25) is 0 Å². The molecule has 110 valence electrons. The van der Waals surface area contributed by atoms with Crippen LogP contribution in [0.5, 0.6) is 5.75 Å². The number of carbonyl (C=O) groups excluding carboxylic acids is 1. The number of halogens is 1. The van der Waals surface area contributed by atoms with Gasteiger partial charge < -0.3 is 10.1 Å². The number of hydrogen-bond donors (Lipinski definition) is 1. The molecule has 4 nitrogen and oxygen atoms in total. The molecule has 0 saturated carbocycles. The van der Waals surface area contributed by atoms with Crippen LogP contribution in [0.3, 0.4) is 0 Å². The quantitative estimate of drug-likeness (QED) is 0.762. The summed E-state index contributed by atoms with van der Waals surface area (Å²) in [4.78, 5) is 16.7. The van der Waals surface area contributed by atoms with Gasteiger partial charge in [0.15, 0.2) is 0 Å². The van der Waals surface area contributed by atoms with Gasteiger partial charge in [-0.2, -0.15) is 0 Å². The average molecular weight is 357 g/mol. The second kappa shape index (κ2) is 6.15. The van der Waals surface area contributed by atoms with Crippen molar-refractivity contribution in [3.63, 3.8) is 0 Å². The van der Waals surface area contributed by atoms with E-state index >= 15 is 0 Å². The van der Waals surface area contributed by atoms with E-state index in [-0.39, 0.29) is 5.91 Å². The van der Waals surface area contributed by atoms with E-state index in [1.807, 2.05) is 30.3 Å². The van der Waals surface area contributed by atoms with E-state index in [9.17, 15) is 4.79 Å². The van der Waals surface area contributed by atoms with E-state index in [0.717, 1.165) is 15.4 Å². The van der Waals surface area contributed by atoms with E-state index in [1.165, 1.54) is 0 Å². The Morgan fingerprint density at radius 3 is 2.68 bits per heavy atom. The number of amides is 1. The second-order valence-electron chi connectivity index (χ2n) is 4.71. The zero-order chi connectivity index (χ0) is 15.5. The Morgan fingerprint density at radius 1 is 1.18 bits per heavy atom. The molecule has 22 heavy (non-hydrogen) atoms. The monoisotopic (exact) mass is 356 g/mol. The summed E-state index contributed by atoms with van der Waals surface area (Å²) in [5.41, 5.74) is 1.94. The van der Waals surface area contributed by atoms with Crippen LogP contribution in [0.25, 0.3) is 10.9 Å². The minimum atomic E-state index is -0.187. The first kappa shape index (κ1) is 14.5. The molecule has 0 aliphatic carbocycles. The summed E-state index contributed by atoms with van der Waals surface area (Å²) in [5.74, 6) is 0.485. The van der Waals surface area contributed by atoms with Crippen molar-refractivity contribution in [2.45, 2.75) is 0 Å². The summed E-state index contributed by atoms with van der Waals surface area (Å²) in [7, 11) is 1.60. The van der Waals surface area contributed by atoms with Gasteiger partial charge in [-0.1, -0.05) is 22.0 Å². The first-order valence-electron chi connectivity index (χ1n) is 6.67. The summed E-state index contributed by atoms with van der Waals surface area (Å²) >= 11 is 3.35. The molecular formula is C17H13BrN2O2. The van der Waals surface area contributed by atoms with Gasteiger partial charge in [-0.15, -0.1) is 0 Å². The number of rotatable bonds is 3. The Labute approximate surface area is 136 Å². The number of pyridine rings is 1. The zero-order valence-electron chi connectivity index (χ0n) is 11.8. The molecule has 2 aromatic carbocycles. The Kier molecular flexibility index (Phi) is 4.06. The number of benzene rings is 2. The van der Waals surface area contributed by atoms with Crippen molar-refractivity contribution in [3.8, 4) is 5.75 Å². The van der Waals surface area contributed by atoms with Gasteiger partial charge in [0.05, 0.1) is 18.3 Å².